The Bertz CT molecular complexity index is 735. The highest BCUT2D eigenvalue weighted by atomic mass is 16.2. The van der Waals surface area contributed by atoms with E-state index in [0.29, 0.717) is 11.3 Å². The molecule has 0 aromatic heterocycles. The van der Waals surface area contributed by atoms with Gasteiger partial charge in [-0.2, -0.15) is 0 Å². The lowest BCUT2D eigenvalue weighted by Gasteiger charge is -2.27. The Hall–Kier alpha value is -2.88. The van der Waals surface area contributed by atoms with Gasteiger partial charge in [-0.15, -0.1) is 0 Å². The number of hydrogen-bond acceptors (Lipinski definition) is 4. The minimum Gasteiger partial charge on any atom is -0.299 e. The van der Waals surface area contributed by atoms with E-state index in [1.807, 2.05) is 49.5 Å². The topological polar surface area (TPSA) is 49.4 Å². The molecule has 21 heavy (non-hydrogen) atoms. The van der Waals surface area contributed by atoms with Crippen LogP contribution in [0.4, 0.5) is 5.69 Å². The molecule has 0 radical (unpaired) electrons. The van der Waals surface area contributed by atoms with Crippen molar-refractivity contribution in [2.24, 2.45) is 0 Å². The number of allylic oxidation sites excluding steroid dienone is 1. The molecular formula is C17H14N2O2. The Labute approximate surface area is 122 Å². The maximum atomic E-state index is 11.9. The normalized spacial score (nSPS) is 13.5. The highest BCUT2D eigenvalue weighted by molar-refractivity contribution is 6.50. The lowest BCUT2D eigenvalue weighted by Crippen LogP contribution is -2.29. The summed E-state index contributed by atoms with van der Waals surface area (Å²) in [5, 5.41) is 1.75. The third-order valence-corrected chi connectivity index (χ3v) is 3.37. The minimum absolute atomic E-state index is 0.446. The fourth-order valence-electron chi connectivity index (χ4n) is 2.35. The Balaban J connectivity index is 1.96. The molecule has 1 N–H and O–H groups in total. The van der Waals surface area contributed by atoms with Crippen molar-refractivity contribution in [3.05, 3.63) is 71.8 Å². The third kappa shape index (κ3) is 2.43. The fourth-order valence-corrected chi connectivity index (χ4v) is 2.35. The van der Waals surface area contributed by atoms with Gasteiger partial charge in [-0.05, 0) is 12.1 Å². The number of carbonyl (C=O) groups excluding carboxylic acids is 2. The van der Waals surface area contributed by atoms with Crippen LogP contribution in [0.15, 0.2) is 60.7 Å². The van der Waals surface area contributed by atoms with Gasteiger partial charge in [0.05, 0.1) is 11.4 Å². The summed E-state index contributed by atoms with van der Waals surface area (Å²) in [5.41, 5.74) is 5.98. The van der Waals surface area contributed by atoms with E-state index in [0.717, 1.165) is 11.3 Å². The number of benzene rings is 2. The van der Waals surface area contributed by atoms with Crippen LogP contribution >= 0.6 is 0 Å². The first kappa shape index (κ1) is 13.1. The van der Waals surface area contributed by atoms with Crippen molar-refractivity contribution in [2.75, 3.05) is 12.5 Å². The number of hydrazine groups is 1. The molecule has 2 aromatic carbocycles. The van der Waals surface area contributed by atoms with Crippen LogP contribution in [0.5, 0.6) is 0 Å². The molecule has 3 rings (SSSR count). The summed E-state index contributed by atoms with van der Waals surface area (Å²) in [5.74, 6) is -0.951. The van der Waals surface area contributed by atoms with Gasteiger partial charge < -0.3 is 0 Å². The van der Waals surface area contributed by atoms with E-state index in [1.54, 1.807) is 17.1 Å². The minimum atomic E-state index is -0.495. The van der Waals surface area contributed by atoms with Crippen LogP contribution in [0.3, 0.4) is 0 Å². The van der Waals surface area contributed by atoms with Gasteiger partial charge in [0, 0.05) is 24.3 Å². The van der Waals surface area contributed by atoms with Crippen molar-refractivity contribution in [1.29, 1.82) is 0 Å². The van der Waals surface area contributed by atoms with Gasteiger partial charge in [-0.1, -0.05) is 42.5 Å². The van der Waals surface area contributed by atoms with Crippen LogP contribution in [-0.4, -0.2) is 23.6 Å². The molecule has 0 aliphatic heterocycles. The van der Waals surface area contributed by atoms with Gasteiger partial charge in [0.2, 0.25) is 11.6 Å². The molecule has 104 valence electrons. The second kappa shape index (κ2) is 5.25. The number of fused-ring (bicyclic) bond motifs is 1. The molecular weight excluding hydrogens is 264 g/mol. The number of para-hydroxylation sites is 1. The van der Waals surface area contributed by atoms with Gasteiger partial charge >= 0.3 is 0 Å². The maximum Gasteiger partial charge on any atom is 0.233 e. The Morgan fingerprint density at radius 3 is 2.19 bits per heavy atom. The van der Waals surface area contributed by atoms with E-state index in [1.165, 1.54) is 6.08 Å². The van der Waals surface area contributed by atoms with Crippen LogP contribution in [0.2, 0.25) is 0 Å². The summed E-state index contributed by atoms with van der Waals surface area (Å²) in [6.45, 7) is 0. The SMILES string of the molecule is CN(Nc1ccccc1)C1=CC(=O)C(=O)c2ccccc21. The zero-order chi connectivity index (χ0) is 14.8. The quantitative estimate of drug-likeness (QED) is 0.693. The summed E-state index contributed by atoms with van der Waals surface area (Å²) in [6, 6.07) is 16.8. The standard InChI is InChI=1S/C17H14N2O2/c1-19(18-12-7-3-2-4-8-12)15-11-16(20)17(21)14-10-6-5-9-13(14)15/h2-11,18H,1H3. The predicted molar refractivity (Wildman–Crippen MR) is 81.6 cm³/mol. The predicted octanol–water partition coefficient (Wildman–Crippen LogP) is 2.75. The summed E-state index contributed by atoms with van der Waals surface area (Å²) >= 11 is 0. The first-order valence-electron chi connectivity index (χ1n) is 6.62. The Morgan fingerprint density at radius 2 is 1.48 bits per heavy atom. The van der Waals surface area contributed by atoms with Crippen molar-refractivity contribution >= 4 is 23.0 Å². The molecule has 0 spiro atoms. The molecule has 1 aliphatic rings. The first-order valence-corrected chi connectivity index (χ1v) is 6.62. The van der Waals surface area contributed by atoms with Crippen LogP contribution < -0.4 is 5.43 Å². The van der Waals surface area contributed by atoms with E-state index in [-0.39, 0.29) is 0 Å². The van der Waals surface area contributed by atoms with Crippen molar-refractivity contribution < 1.29 is 9.59 Å². The molecule has 0 saturated carbocycles. The molecule has 4 nitrogen and oxygen atoms in total. The lowest BCUT2D eigenvalue weighted by molar-refractivity contribution is -0.111. The summed E-state index contributed by atoms with van der Waals surface area (Å²) in [7, 11) is 1.82. The Morgan fingerprint density at radius 1 is 0.857 bits per heavy atom. The average Bonchev–Trinajstić information content (AvgIpc) is 2.52. The largest absolute Gasteiger partial charge is 0.299 e. The lowest BCUT2D eigenvalue weighted by atomic mass is 9.93. The molecule has 0 fully saturated rings. The number of Topliss-reactive ketones (excluding diaryl/α,β-unsaturated/α-hetero) is 1. The van der Waals surface area contributed by atoms with E-state index >= 15 is 0 Å². The number of rotatable bonds is 3. The van der Waals surface area contributed by atoms with Crippen LogP contribution in [0.1, 0.15) is 15.9 Å². The van der Waals surface area contributed by atoms with Crippen LogP contribution in [-0.2, 0) is 4.79 Å². The number of ketones is 2. The van der Waals surface area contributed by atoms with Gasteiger partial charge in [0.25, 0.3) is 0 Å². The molecule has 0 heterocycles. The Kier molecular flexibility index (Phi) is 3.28. The number of nitrogens with one attached hydrogen (secondary N) is 1. The molecule has 1 aliphatic carbocycles. The second-order valence-electron chi connectivity index (χ2n) is 4.81. The molecule has 2 aromatic rings. The molecule has 0 unspecified atom stereocenters. The van der Waals surface area contributed by atoms with Crippen molar-refractivity contribution in [1.82, 2.24) is 5.01 Å². The monoisotopic (exact) mass is 278 g/mol. The maximum absolute atomic E-state index is 11.9. The molecule has 0 saturated heterocycles. The van der Waals surface area contributed by atoms with E-state index < -0.39 is 11.6 Å². The van der Waals surface area contributed by atoms with Crippen LogP contribution in [0, 0.1) is 0 Å². The first-order chi connectivity index (χ1) is 10.2. The third-order valence-electron chi connectivity index (χ3n) is 3.37. The van der Waals surface area contributed by atoms with Crippen molar-refractivity contribution in [3.63, 3.8) is 0 Å². The van der Waals surface area contributed by atoms with Gasteiger partial charge in [-0.3, -0.25) is 20.0 Å². The number of carbonyl (C=O) groups is 2. The number of hydrogen-bond donors (Lipinski definition) is 1. The molecule has 0 amide bonds. The van der Waals surface area contributed by atoms with Crippen LogP contribution in [0.25, 0.3) is 5.70 Å². The summed E-state index contributed by atoms with van der Waals surface area (Å²) in [6.07, 6.45) is 1.38. The highest BCUT2D eigenvalue weighted by Crippen LogP contribution is 2.27. The number of anilines is 1. The molecule has 0 atom stereocenters. The number of nitrogens with zero attached hydrogens (tertiary/aromatic N) is 1. The summed E-state index contributed by atoms with van der Waals surface area (Å²) in [4.78, 5) is 23.8. The van der Waals surface area contributed by atoms with Crippen molar-refractivity contribution in [3.8, 4) is 0 Å². The van der Waals surface area contributed by atoms with E-state index in [2.05, 4.69) is 5.43 Å². The fraction of sp³-hybridized carbons (Fsp3) is 0.0588. The van der Waals surface area contributed by atoms with Gasteiger partial charge in [0.15, 0.2) is 0 Å². The van der Waals surface area contributed by atoms with Gasteiger partial charge in [-0.25, -0.2) is 0 Å². The average molecular weight is 278 g/mol. The van der Waals surface area contributed by atoms with Gasteiger partial charge in [0.1, 0.15) is 0 Å². The van der Waals surface area contributed by atoms with Crippen molar-refractivity contribution in [2.45, 2.75) is 0 Å². The molecule has 0 bridgehead atoms. The molecule has 4 heteroatoms. The zero-order valence-electron chi connectivity index (χ0n) is 11.5. The smallest absolute Gasteiger partial charge is 0.233 e. The second-order valence-corrected chi connectivity index (χ2v) is 4.81. The zero-order valence-corrected chi connectivity index (χ0v) is 11.5. The van der Waals surface area contributed by atoms with E-state index in [9.17, 15) is 9.59 Å². The highest BCUT2D eigenvalue weighted by Gasteiger charge is 2.27. The summed E-state index contributed by atoms with van der Waals surface area (Å²) < 4.78 is 0. The van der Waals surface area contributed by atoms with E-state index in [4.69, 9.17) is 0 Å².